The van der Waals surface area contributed by atoms with Crippen molar-refractivity contribution in [1.29, 1.82) is 0 Å². The Bertz CT molecular complexity index is 989. The van der Waals surface area contributed by atoms with Crippen LogP contribution < -0.4 is 5.32 Å². The summed E-state index contributed by atoms with van der Waals surface area (Å²) in [7, 11) is 0. The van der Waals surface area contributed by atoms with Gasteiger partial charge in [-0.3, -0.25) is 4.79 Å². The van der Waals surface area contributed by atoms with Crippen LogP contribution >= 0.6 is 11.3 Å². The number of fused-ring (bicyclic) bond motifs is 1. The maximum absolute atomic E-state index is 12.0. The Hall–Kier alpha value is -3.13. The number of hydrogen-bond acceptors (Lipinski definition) is 6. The fourth-order valence-corrected chi connectivity index (χ4v) is 3.19. The van der Waals surface area contributed by atoms with Gasteiger partial charge in [-0.25, -0.2) is 9.67 Å². The molecule has 0 saturated carbocycles. The quantitative estimate of drug-likeness (QED) is 0.619. The van der Waals surface area contributed by atoms with Crippen molar-refractivity contribution in [3.05, 3.63) is 54.2 Å². The molecule has 4 aromatic rings. The van der Waals surface area contributed by atoms with Crippen molar-refractivity contribution in [2.45, 2.75) is 6.54 Å². The lowest BCUT2D eigenvalue weighted by molar-refractivity contribution is -0.116. The van der Waals surface area contributed by atoms with Crippen molar-refractivity contribution in [2.75, 3.05) is 5.32 Å². The average Bonchev–Trinajstić information content (AvgIpc) is 3.26. The minimum atomic E-state index is -0.221. The van der Waals surface area contributed by atoms with E-state index in [1.54, 1.807) is 0 Å². The van der Waals surface area contributed by atoms with Gasteiger partial charge in [0.25, 0.3) is 0 Å². The molecule has 1 amide bonds. The third-order valence-corrected chi connectivity index (χ3v) is 4.27. The number of hydrogen-bond donors (Lipinski definition) is 1. The lowest BCUT2D eigenvalue weighted by Crippen LogP contribution is -2.19. The van der Waals surface area contributed by atoms with Crippen LogP contribution in [0.5, 0.6) is 0 Å². The predicted octanol–water partition coefficient (Wildman–Crippen LogP) is 2.59. The molecule has 0 spiro atoms. The molecule has 2 heterocycles. The van der Waals surface area contributed by atoms with Gasteiger partial charge in [-0.2, -0.15) is 0 Å². The number of carbonyl (C=O) groups is 1. The lowest BCUT2D eigenvalue weighted by atomic mass is 10.0. The summed E-state index contributed by atoms with van der Waals surface area (Å²) in [5.41, 5.74) is 1.89. The number of anilines is 1. The number of thiazole rings is 1. The molecule has 118 valence electrons. The highest BCUT2D eigenvalue weighted by Crippen LogP contribution is 2.30. The fourth-order valence-electron chi connectivity index (χ4n) is 2.46. The molecular weight excluding hydrogens is 324 g/mol. The van der Waals surface area contributed by atoms with E-state index in [-0.39, 0.29) is 12.5 Å². The fraction of sp³-hybridized carbons (Fsp3) is 0.0625. The van der Waals surface area contributed by atoms with E-state index < -0.39 is 0 Å². The molecule has 0 bridgehead atoms. The van der Waals surface area contributed by atoms with Crippen molar-refractivity contribution in [1.82, 2.24) is 25.2 Å². The van der Waals surface area contributed by atoms with Gasteiger partial charge in [-0.15, -0.1) is 16.4 Å². The van der Waals surface area contributed by atoms with E-state index in [0.29, 0.717) is 5.13 Å². The molecule has 8 heteroatoms. The Morgan fingerprint density at radius 2 is 2.04 bits per heavy atom. The number of aromatic nitrogens is 5. The first kappa shape index (κ1) is 14.5. The van der Waals surface area contributed by atoms with Gasteiger partial charge in [-0.05, 0) is 21.2 Å². The second-order valence-electron chi connectivity index (χ2n) is 5.12. The smallest absolute Gasteiger partial charge is 0.248 e. The van der Waals surface area contributed by atoms with Gasteiger partial charge in [0, 0.05) is 10.9 Å². The van der Waals surface area contributed by atoms with Crippen molar-refractivity contribution >= 4 is 33.1 Å². The molecule has 0 saturated heterocycles. The van der Waals surface area contributed by atoms with Gasteiger partial charge in [0.15, 0.2) is 5.13 Å². The number of nitrogens with zero attached hydrogens (tertiary/aromatic N) is 5. The van der Waals surface area contributed by atoms with Crippen molar-refractivity contribution in [2.24, 2.45) is 0 Å². The molecular formula is C16H12N6OS. The number of tetrazole rings is 1. The van der Waals surface area contributed by atoms with Crippen molar-refractivity contribution < 1.29 is 4.79 Å². The molecule has 7 nitrogen and oxygen atoms in total. The zero-order valence-electron chi connectivity index (χ0n) is 12.5. The predicted molar refractivity (Wildman–Crippen MR) is 91.5 cm³/mol. The molecule has 2 aromatic heterocycles. The van der Waals surface area contributed by atoms with Gasteiger partial charge in [0.1, 0.15) is 12.9 Å². The average molecular weight is 336 g/mol. The first-order valence-electron chi connectivity index (χ1n) is 7.24. The van der Waals surface area contributed by atoms with Crippen LogP contribution in [0.2, 0.25) is 0 Å². The third-order valence-electron chi connectivity index (χ3n) is 3.51. The highest BCUT2D eigenvalue weighted by atomic mass is 32.1. The van der Waals surface area contributed by atoms with Gasteiger partial charge in [0.2, 0.25) is 5.91 Å². The minimum Gasteiger partial charge on any atom is -0.300 e. The summed E-state index contributed by atoms with van der Waals surface area (Å²) < 4.78 is 1.36. The summed E-state index contributed by atoms with van der Waals surface area (Å²) in [6.07, 6.45) is 1.39. The Balaban J connectivity index is 1.57. The van der Waals surface area contributed by atoms with E-state index in [1.807, 2.05) is 29.6 Å². The van der Waals surface area contributed by atoms with Gasteiger partial charge in [0.05, 0.1) is 5.69 Å². The maximum atomic E-state index is 12.0. The van der Waals surface area contributed by atoms with Crippen LogP contribution in [-0.2, 0) is 11.3 Å². The molecule has 0 fully saturated rings. The molecule has 0 aliphatic rings. The van der Waals surface area contributed by atoms with Crippen LogP contribution in [0.15, 0.2) is 54.2 Å². The Morgan fingerprint density at radius 3 is 2.92 bits per heavy atom. The van der Waals surface area contributed by atoms with Crippen LogP contribution in [0.25, 0.3) is 22.0 Å². The molecule has 2 aromatic carbocycles. The first-order valence-corrected chi connectivity index (χ1v) is 8.12. The Morgan fingerprint density at radius 1 is 1.17 bits per heavy atom. The second kappa shape index (κ2) is 6.17. The van der Waals surface area contributed by atoms with Gasteiger partial charge in [-0.1, -0.05) is 42.5 Å². The van der Waals surface area contributed by atoms with Crippen molar-refractivity contribution in [3.63, 3.8) is 0 Å². The number of rotatable bonds is 4. The molecule has 0 atom stereocenters. The molecule has 1 N–H and O–H groups in total. The molecule has 0 aliphatic heterocycles. The van der Waals surface area contributed by atoms with Crippen molar-refractivity contribution in [3.8, 4) is 11.3 Å². The number of amides is 1. The highest BCUT2D eigenvalue weighted by molar-refractivity contribution is 7.14. The maximum Gasteiger partial charge on any atom is 0.248 e. The van der Waals surface area contributed by atoms with Crippen LogP contribution in [0.4, 0.5) is 5.13 Å². The second-order valence-corrected chi connectivity index (χ2v) is 5.98. The van der Waals surface area contributed by atoms with Crippen LogP contribution in [0.3, 0.4) is 0 Å². The number of benzene rings is 2. The van der Waals surface area contributed by atoms with Gasteiger partial charge < -0.3 is 5.32 Å². The molecule has 4 rings (SSSR count). The minimum absolute atomic E-state index is 0.0518. The first-order chi connectivity index (χ1) is 11.8. The zero-order valence-corrected chi connectivity index (χ0v) is 13.3. The van der Waals surface area contributed by atoms with E-state index in [1.165, 1.54) is 22.3 Å². The Kier molecular flexibility index (Phi) is 3.72. The number of carbonyl (C=O) groups excluding carboxylic acids is 1. The largest absolute Gasteiger partial charge is 0.300 e. The summed E-state index contributed by atoms with van der Waals surface area (Å²) in [5, 5.41) is 18.2. The summed E-state index contributed by atoms with van der Waals surface area (Å²) in [6, 6.07) is 14.3. The third kappa shape index (κ3) is 2.86. The highest BCUT2D eigenvalue weighted by Gasteiger charge is 2.11. The monoisotopic (exact) mass is 336 g/mol. The van der Waals surface area contributed by atoms with E-state index in [2.05, 4.69) is 44.0 Å². The SMILES string of the molecule is O=C(Cn1cnnn1)Nc1nc(-c2cccc3ccccc23)cs1. The molecule has 24 heavy (non-hydrogen) atoms. The summed E-state index contributed by atoms with van der Waals surface area (Å²) >= 11 is 1.39. The van der Waals surface area contributed by atoms with Crippen LogP contribution in [-0.4, -0.2) is 31.1 Å². The number of nitrogens with one attached hydrogen (secondary N) is 1. The van der Waals surface area contributed by atoms with E-state index in [9.17, 15) is 4.79 Å². The summed E-state index contributed by atoms with van der Waals surface area (Å²) in [6.45, 7) is 0.0518. The topological polar surface area (TPSA) is 85.6 Å². The van der Waals surface area contributed by atoms with E-state index >= 15 is 0 Å². The lowest BCUT2D eigenvalue weighted by Gasteiger charge is -2.03. The van der Waals surface area contributed by atoms with Crippen LogP contribution in [0.1, 0.15) is 0 Å². The van der Waals surface area contributed by atoms with Crippen LogP contribution in [0, 0.1) is 0 Å². The molecule has 0 aliphatic carbocycles. The van der Waals surface area contributed by atoms with Gasteiger partial charge >= 0.3 is 0 Å². The summed E-state index contributed by atoms with van der Waals surface area (Å²) in [5.74, 6) is -0.221. The molecule has 0 unspecified atom stereocenters. The normalized spacial score (nSPS) is 10.8. The Labute approximate surface area is 141 Å². The molecule has 0 radical (unpaired) electrons. The van der Waals surface area contributed by atoms with E-state index in [0.717, 1.165) is 22.0 Å². The van der Waals surface area contributed by atoms with E-state index in [4.69, 9.17) is 0 Å². The standard InChI is InChI=1S/C16H12N6OS/c23-15(8-22-10-17-20-21-22)19-16-18-14(9-24-16)13-7-3-5-11-4-1-2-6-12(11)13/h1-7,9-10H,8H2,(H,18,19,23). The summed E-state index contributed by atoms with van der Waals surface area (Å²) in [4.78, 5) is 16.5. The zero-order chi connectivity index (χ0) is 16.4.